The molecule has 17 heavy (non-hydrogen) atoms. The van der Waals surface area contributed by atoms with E-state index in [0.717, 1.165) is 17.9 Å². The minimum absolute atomic E-state index is 0.0334. The van der Waals surface area contributed by atoms with Crippen molar-refractivity contribution >= 4 is 17.4 Å². The van der Waals surface area contributed by atoms with Gasteiger partial charge in [-0.2, -0.15) is 0 Å². The first kappa shape index (κ1) is 14.3. The summed E-state index contributed by atoms with van der Waals surface area (Å²) >= 11 is 6.20. The number of rotatable bonds is 4. The monoisotopic (exact) mass is 255 g/mol. The summed E-state index contributed by atoms with van der Waals surface area (Å²) < 4.78 is 0. The van der Waals surface area contributed by atoms with Crippen molar-refractivity contribution in [1.82, 2.24) is 10.3 Å². The number of aromatic nitrogens is 1. The van der Waals surface area contributed by atoms with E-state index in [-0.39, 0.29) is 5.54 Å². The van der Waals surface area contributed by atoms with Gasteiger partial charge in [0.1, 0.15) is 5.82 Å². The Morgan fingerprint density at radius 1 is 1.35 bits per heavy atom. The molecule has 1 rings (SSSR count). The number of nitrogens with one attached hydrogen (secondary N) is 2. The van der Waals surface area contributed by atoms with Crippen molar-refractivity contribution in [3.8, 4) is 0 Å². The van der Waals surface area contributed by atoms with Gasteiger partial charge in [0.05, 0.1) is 5.02 Å². The summed E-state index contributed by atoms with van der Waals surface area (Å²) in [5.41, 5.74) is 1.07. The molecule has 3 nitrogen and oxygen atoms in total. The molecule has 0 fully saturated rings. The van der Waals surface area contributed by atoms with Gasteiger partial charge in [-0.3, -0.25) is 0 Å². The number of pyridine rings is 1. The minimum Gasteiger partial charge on any atom is -0.364 e. The molecule has 1 heterocycles. The largest absolute Gasteiger partial charge is 0.364 e. The highest BCUT2D eigenvalue weighted by Gasteiger charge is 2.12. The molecule has 0 aliphatic heterocycles. The van der Waals surface area contributed by atoms with E-state index in [4.69, 9.17) is 11.6 Å². The van der Waals surface area contributed by atoms with Crippen LogP contribution in [0, 0.1) is 0 Å². The fourth-order valence-corrected chi connectivity index (χ4v) is 1.58. The highest BCUT2D eigenvalue weighted by molar-refractivity contribution is 6.33. The van der Waals surface area contributed by atoms with Crippen molar-refractivity contribution in [1.29, 1.82) is 0 Å². The lowest BCUT2D eigenvalue weighted by Gasteiger charge is -2.22. The van der Waals surface area contributed by atoms with Crippen LogP contribution in [0.25, 0.3) is 0 Å². The van der Waals surface area contributed by atoms with Crippen LogP contribution >= 0.6 is 11.6 Å². The fraction of sp³-hybridized carbons (Fsp3) is 0.615. The molecular formula is C13H22ClN3. The molecule has 0 amide bonds. The van der Waals surface area contributed by atoms with Crippen LogP contribution in [0.5, 0.6) is 0 Å². The van der Waals surface area contributed by atoms with Crippen molar-refractivity contribution in [2.45, 2.75) is 52.7 Å². The van der Waals surface area contributed by atoms with E-state index in [2.05, 4.69) is 50.2 Å². The van der Waals surface area contributed by atoms with Gasteiger partial charge in [0.2, 0.25) is 0 Å². The summed E-state index contributed by atoms with van der Waals surface area (Å²) in [4.78, 5) is 4.36. The third kappa shape index (κ3) is 5.37. The van der Waals surface area contributed by atoms with Crippen LogP contribution in [0.15, 0.2) is 12.3 Å². The van der Waals surface area contributed by atoms with Gasteiger partial charge in [-0.05, 0) is 32.4 Å². The van der Waals surface area contributed by atoms with Crippen LogP contribution in [-0.2, 0) is 6.54 Å². The number of hydrogen-bond acceptors (Lipinski definition) is 3. The van der Waals surface area contributed by atoms with Gasteiger partial charge in [-0.25, -0.2) is 4.98 Å². The molecule has 2 N–H and O–H groups in total. The molecule has 0 aliphatic rings. The molecule has 0 spiro atoms. The van der Waals surface area contributed by atoms with Crippen molar-refractivity contribution in [3.05, 3.63) is 22.8 Å². The van der Waals surface area contributed by atoms with Gasteiger partial charge in [0, 0.05) is 24.3 Å². The Balaban J connectivity index is 2.72. The Hall–Kier alpha value is -0.800. The van der Waals surface area contributed by atoms with Gasteiger partial charge >= 0.3 is 0 Å². The van der Waals surface area contributed by atoms with Crippen molar-refractivity contribution in [3.63, 3.8) is 0 Å². The summed E-state index contributed by atoms with van der Waals surface area (Å²) in [6.45, 7) is 11.3. The molecule has 4 heteroatoms. The second-order valence-corrected chi connectivity index (χ2v) is 5.99. The smallest absolute Gasteiger partial charge is 0.145 e. The first-order valence-corrected chi connectivity index (χ1v) is 6.32. The Morgan fingerprint density at radius 2 is 2.00 bits per heavy atom. The van der Waals surface area contributed by atoms with Crippen LogP contribution in [0.1, 0.15) is 40.2 Å². The van der Waals surface area contributed by atoms with Crippen LogP contribution in [-0.4, -0.2) is 16.6 Å². The Labute approximate surface area is 109 Å². The molecule has 0 saturated carbocycles. The van der Waals surface area contributed by atoms with Gasteiger partial charge in [0.25, 0.3) is 0 Å². The Bertz CT molecular complexity index is 369. The summed E-state index contributed by atoms with van der Waals surface area (Å²) in [5.74, 6) is 0.743. The summed E-state index contributed by atoms with van der Waals surface area (Å²) in [6, 6.07) is 2.42. The minimum atomic E-state index is -0.0334. The summed E-state index contributed by atoms with van der Waals surface area (Å²) in [5, 5.41) is 7.29. The van der Waals surface area contributed by atoms with Crippen LogP contribution in [0.3, 0.4) is 0 Å². The Kier molecular flexibility index (Phi) is 4.78. The van der Waals surface area contributed by atoms with E-state index in [1.165, 1.54) is 0 Å². The van der Waals surface area contributed by atoms with Gasteiger partial charge in [0.15, 0.2) is 0 Å². The quantitative estimate of drug-likeness (QED) is 0.865. The van der Waals surface area contributed by atoms with Crippen LogP contribution in [0.4, 0.5) is 5.82 Å². The lowest BCUT2D eigenvalue weighted by molar-refractivity contribution is 0.587. The SMILES string of the molecule is CC(C)NCc1cnc(NC(C)(C)C)c(Cl)c1. The molecular weight excluding hydrogens is 234 g/mol. The topological polar surface area (TPSA) is 37.0 Å². The molecule has 0 aliphatic carbocycles. The summed E-state index contributed by atoms with van der Waals surface area (Å²) in [6.07, 6.45) is 1.86. The number of anilines is 1. The van der Waals surface area contributed by atoms with Crippen LogP contribution in [0.2, 0.25) is 5.02 Å². The van der Waals surface area contributed by atoms with Gasteiger partial charge < -0.3 is 10.6 Å². The van der Waals surface area contributed by atoms with E-state index in [0.29, 0.717) is 11.1 Å². The zero-order chi connectivity index (χ0) is 13.1. The maximum atomic E-state index is 6.20. The molecule has 0 bridgehead atoms. The first-order valence-electron chi connectivity index (χ1n) is 5.94. The summed E-state index contributed by atoms with van der Waals surface area (Å²) in [7, 11) is 0. The zero-order valence-corrected chi connectivity index (χ0v) is 12.0. The van der Waals surface area contributed by atoms with Gasteiger partial charge in [-0.15, -0.1) is 0 Å². The molecule has 0 aromatic carbocycles. The third-order valence-electron chi connectivity index (χ3n) is 2.11. The molecule has 0 unspecified atom stereocenters. The highest BCUT2D eigenvalue weighted by Crippen LogP contribution is 2.23. The maximum absolute atomic E-state index is 6.20. The average molecular weight is 256 g/mol. The fourth-order valence-electron chi connectivity index (χ4n) is 1.34. The molecule has 96 valence electrons. The maximum Gasteiger partial charge on any atom is 0.145 e. The number of nitrogens with zero attached hydrogens (tertiary/aromatic N) is 1. The third-order valence-corrected chi connectivity index (χ3v) is 2.39. The first-order chi connectivity index (χ1) is 7.78. The second kappa shape index (κ2) is 5.69. The molecule has 0 saturated heterocycles. The van der Waals surface area contributed by atoms with Gasteiger partial charge in [-0.1, -0.05) is 25.4 Å². The molecule has 0 radical (unpaired) electrons. The number of halogens is 1. The van der Waals surface area contributed by atoms with E-state index >= 15 is 0 Å². The number of hydrogen-bond donors (Lipinski definition) is 2. The average Bonchev–Trinajstić information content (AvgIpc) is 2.17. The predicted octanol–water partition coefficient (Wildman–Crippen LogP) is 3.44. The lowest BCUT2D eigenvalue weighted by Crippen LogP contribution is -2.27. The molecule has 1 aromatic rings. The van der Waals surface area contributed by atoms with E-state index in [1.54, 1.807) is 0 Å². The van der Waals surface area contributed by atoms with Crippen LogP contribution < -0.4 is 10.6 Å². The van der Waals surface area contributed by atoms with E-state index in [9.17, 15) is 0 Å². The normalized spacial score (nSPS) is 11.9. The standard InChI is InChI=1S/C13H22ClN3/c1-9(2)15-7-10-6-11(14)12(16-8-10)17-13(3,4)5/h6,8-9,15H,7H2,1-5H3,(H,16,17). The molecule has 0 atom stereocenters. The second-order valence-electron chi connectivity index (χ2n) is 5.58. The van der Waals surface area contributed by atoms with E-state index in [1.807, 2.05) is 12.3 Å². The van der Waals surface area contributed by atoms with Crippen molar-refractivity contribution in [2.24, 2.45) is 0 Å². The molecule has 1 aromatic heterocycles. The lowest BCUT2D eigenvalue weighted by atomic mass is 10.1. The predicted molar refractivity (Wildman–Crippen MR) is 74.6 cm³/mol. The highest BCUT2D eigenvalue weighted by atomic mass is 35.5. The van der Waals surface area contributed by atoms with Crippen molar-refractivity contribution < 1.29 is 0 Å². The van der Waals surface area contributed by atoms with Crippen molar-refractivity contribution in [2.75, 3.05) is 5.32 Å². The Morgan fingerprint density at radius 3 is 2.47 bits per heavy atom. The van der Waals surface area contributed by atoms with E-state index < -0.39 is 0 Å². The zero-order valence-electron chi connectivity index (χ0n) is 11.3.